The van der Waals surface area contributed by atoms with E-state index < -0.39 is 6.15 Å². The lowest BCUT2D eigenvalue weighted by molar-refractivity contribution is -0.378. The summed E-state index contributed by atoms with van der Waals surface area (Å²) in [7, 11) is 0. The van der Waals surface area contributed by atoms with Gasteiger partial charge in [-0.25, -0.2) is 4.98 Å². The molecule has 0 atom stereocenters. The highest BCUT2D eigenvalue weighted by Gasteiger charge is 2.31. The van der Waals surface area contributed by atoms with Crippen LogP contribution in [-0.2, 0) is 6.42 Å². The molecule has 0 radical (unpaired) electrons. The van der Waals surface area contributed by atoms with Gasteiger partial charge in [-0.15, -0.1) is 0 Å². The molecule has 0 bridgehead atoms. The highest BCUT2D eigenvalue weighted by molar-refractivity contribution is 7.19. The van der Waals surface area contributed by atoms with Gasteiger partial charge in [-0.3, -0.25) is 4.79 Å². The van der Waals surface area contributed by atoms with Gasteiger partial charge in [0.15, 0.2) is 18.2 Å². The van der Waals surface area contributed by atoms with Crippen molar-refractivity contribution in [3.63, 3.8) is 0 Å². The van der Waals surface area contributed by atoms with Crippen LogP contribution in [0, 0.1) is 6.92 Å². The highest BCUT2D eigenvalue weighted by Crippen LogP contribution is 2.11. The quantitative estimate of drug-likeness (QED) is 0.203. The van der Waals surface area contributed by atoms with Crippen molar-refractivity contribution < 1.29 is 9.78 Å². The Kier molecular flexibility index (Phi) is 8.98. The maximum atomic E-state index is 12.0. The lowest BCUT2D eigenvalue weighted by Crippen LogP contribution is -2.74. The van der Waals surface area contributed by atoms with E-state index in [0.29, 0.717) is 6.42 Å². The van der Waals surface area contributed by atoms with Crippen LogP contribution in [0.2, 0.25) is 0 Å². The molecule has 0 amide bonds. The molecule has 5 aromatic carbocycles. The summed E-state index contributed by atoms with van der Waals surface area (Å²) in [6, 6.07) is 55.1. The van der Waals surface area contributed by atoms with Gasteiger partial charge in [0.25, 0.3) is 0 Å². The van der Waals surface area contributed by atoms with Gasteiger partial charge in [0.1, 0.15) is 6.15 Å². The number of benzene rings is 5. The Morgan fingerprint density at radius 2 is 0.878 bits per heavy atom. The number of hydrogen-bond donors (Lipinski definition) is 0. The highest BCUT2D eigenvalue weighted by atomic mass is 16.1. The number of nitrogens with one attached hydrogen (secondary N) is 1. The van der Waals surface area contributed by atoms with E-state index in [1.807, 2.05) is 55.7 Å². The minimum atomic E-state index is -1.22. The van der Waals surface area contributed by atoms with E-state index in [9.17, 15) is 4.79 Å². The number of H-pyrrole nitrogens is 1. The molecule has 41 heavy (non-hydrogen) atoms. The van der Waals surface area contributed by atoms with Crippen molar-refractivity contribution in [2.24, 2.45) is 0 Å². The molecular weight excluding hydrogens is 497 g/mol. The number of hydrogen-bond acceptors (Lipinski definition) is 1. The molecule has 0 fully saturated rings. The molecule has 0 aliphatic carbocycles. The van der Waals surface area contributed by atoms with Crippen molar-refractivity contribution in [2.45, 2.75) is 13.3 Å². The van der Waals surface area contributed by atoms with Crippen molar-refractivity contribution in [3.8, 4) is 0 Å². The van der Waals surface area contributed by atoms with Gasteiger partial charge < -0.3 is 0 Å². The van der Waals surface area contributed by atoms with Crippen LogP contribution in [0.3, 0.4) is 0 Å². The summed E-state index contributed by atoms with van der Waals surface area (Å²) in [5, 5.41) is 0. The second kappa shape index (κ2) is 13.4. The van der Waals surface area contributed by atoms with Crippen molar-refractivity contribution in [3.05, 3.63) is 187 Å². The molecule has 0 saturated carbocycles. The SMILES string of the molecule is Cc1ccccc1C(=O)Cc1cc[nH+]cc1.c1ccc([B-](c2ccccc2)(c2ccccc2)c2ccccc2)cc1. The number of pyridine rings is 1. The Balaban J connectivity index is 0.000000182. The Morgan fingerprint density at radius 3 is 1.27 bits per heavy atom. The van der Waals surface area contributed by atoms with Crippen LogP contribution in [0.25, 0.3) is 0 Å². The minimum absolute atomic E-state index is 0.171. The second-order valence-corrected chi connectivity index (χ2v) is 10.3. The topological polar surface area (TPSA) is 31.2 Å². The summed E-state index contributed by atoms with van der Waals surface area (Å²) in [6.07, 6.45) is 2.91. The van der Waals surface area contributed by atoms with E-state index in [1.165, 1.54) is 21.9 Å². The number of carbonyl (C=O) groups is 1. The Labute approximate surface area is 243 Å². The smallest absolute Gasteiger partial charge is 0.167 e. The van der Waals surface area contributed by atoms with E-state index >= 15 is 0 Å². The summed E-state index contributed by atoms with van der Waals surface area (Å²) >= 11 is 0. The maximum Gasteiger partial charge on any atom is 0.167 e. The van der Waals surface area contributed by atoms with Crippen LogP contribution in [0.1, 0.15) is 21.5 Å². The van der Waals surface area contributed by atoms with E-state index in [0.717, 1.165) is 16.7 Å². The number of carbonyl (C=O) groups excluding carboxylic acids is 1. The Hall–Kier alpha value is -5.02. The van der Waals surface area contributed by atoms with Gasteiger partial charge in [-0.2, -0.15) is 21.9 Å². The van der Waals surface area contributed by atoms with Gasteiger partial charge in [0, 0.05) is 24.1 Å². The fraction of sp³-hybridized carbons (Fsp3) is 0.0526. The largest absolute Gasteiger partial charge is 0.294 e. The summed E-state index contributed by atoms with van der Waals surface area (Å²) < 4.78 is 0. The van der Waals surface area contributed by atoms with Gasteiger partial charge in [0.2, 0.25) is 0 Å². The van der Waals surface area contributed by atoms with Crippen LogP contribution >= 0.6 is 0 Å². The molecule has 0 unspecified atom stereocenters. The van der Waals surface area contributed by atoms with Crippen molar-refractivity contribution in [1.29, 1.82) is 0 Å². The van der Waals surface area contributed by atoms with Crippen molar-refractivity contribution in [2.75, 3.05) is 0 Å². The Morgan fingerprint density at radius 1 is 0.512 bits per heavy atom. The second-order valence-electron chi connectivity index (χ2n) is 10.3. The molecule has 2 nitrogen and oxygen atoms in total. The van der Waals surface area contributed by atoms with Crippen LogP contribution in [0.15, 0.2) is 170 Å². The molecule has 0 aliphatic rings. The zero-order valence-corrected chi connectivity index (χ0v) is 23.4. The standard InChI is InChI=1S/C24H20B.C14H13NO/c1-5-13-21(14-6-1)25(22-15-7-2-8-16-22,23-17-9-3-10-18-23)24-19-11-4-12-20-24;1-11-4-2-3-5-13(11)14(16)10-12-6-8-15-9-7-12/h1-20H;2-9H,10H2,1H3/q-1;/p+1. The van der Waals surface area contributed by atoms with Gasteiger partial charge in [-0.1, -0.05) is 146 Å². The predicted molar refractivity (Wildman–Crippen MR) is 172 cm³/mol. The monoisotopic (exact) mass is 531 g/mol. The average molecular weight is 532 g/mol. The first-order valence-electron chi connectivity index (χ1n) is 14.1. The molecular formula is C38H34BNO. The van der Waals surface area contributed by atoms with Crippen molar-refractivity contribution >= 4 is 33.8 Å². The normalized spacial score (nSPS) is 10.8. The average Bonchev–Trinajstić information content (AvgIpc) is 3.05. The van der Waals surface area contributed by atoms with E-state index in [4.69, 9.17) is 0 Å². The number of aromatic nitrogens is 1. The van der Waals surface area contributed by atoms with Crippen LogP contribution in [0.5, 0.6) is 0 Å². The number of Topliss-reactive ketones (excluding diaryl/α,β-unsaturated/α-hetero) is 1. The summed E-state index contributed by atoms with van der Waals surface area (Å²) in [6.45, 7) is 1.96. The van der Waals surface area contributed by atoms with E-state index in [-0.39, 0.29) is 5.78 Å². The first kappa shape index (κ1) is 27.5. The molecule has 1 heterocycles. The first-order chi connectivity index (χ1) is 20.2. The molecule has 1 aromatic heterocycles. The zero-order valence-electron chi connectivity index (χ0n) is 23.4. The third-order valence-corrected chi connectivity index (χ3v) is 7.80. The van der Waals surface area contributed by atoms with Gasteiger partial charge >= 0.3 is 0 Å². The Bertz CT molecular complexity index is 1490. The lowest BCUT2D eigenvalue weighted by Gasteiger charge is -2.44. The molecule has 6 aromatic rings. The van der Waals surface area contributed by atoms with Crippen LogP contribution in [0.4, 0.5) is 0 Å². The summed E-state index contributed by atoms with van der Waals surface area (Å²) in [5.41, 5.74) is 8.24. The van der Waals surface area contributed by atoms with Gasteiger partial charge in [0.05, 0.1) is 0 Å². The predicted octanol–water partition coefficient (Wildman–Crippen LogP) is 5.30. The van der Waals surface area contributed by atoms with E-state index in [1.54, 1.807) is 0 Å². The fourth-order valence-electron chi connectivity index (χ4n) is 5.83. The number of aryl methyl sites for hydroxylation is 1. The zero-order chi connectivity index (χ0) is 28.3. The maximum absolute atomic E-state index is 12.0. The molecule has 200 valence electrons. The minimum Gasteiger partial charge on any atom is -0.294 e. The fourth-order valence-corrected chi connectivity index (χ4v) is 5.83. The molecule has 1 N–H and O–H groups in total. The first-order valence-corrected chi connectivity index (χ1v) is 14.1. The molecule has 3 heteroatoms. The third-order valence-electron chi connectivity index (χ3n) is 7.80. The molecule has 0 aliphatic heterocycles. The lowest BCUT2D eigenvalue weighted by atomic mass is 9.13. The van der Waals surface area contributed by atoms with Gasteiger partial charge in [-0.05, 0) is 18.1 Å². The third kappa shape index (κ3) is 6.26. The van der Waals surface area contributed by atoms with E-state index in [2.05, 4.69) is 126 Å². The number of aromatic amines is 1. The summed E-state index contributed by atoms with van der Waals surface area (Å²) in [4.78, 5) is 15.0. The summed E-state index contributed by atoms with van der Waals surface area (Å²) in [5.74, 6) is 0.171. The molecule has 0 spiro atoms. The molecule has 6 rings (SSSR count). The van der Waals surface area contributed by atoms with Crippen LogP contribution < -0.4 is 26.8 Å². The number of ketones is 1. The van der Waals surface area contributed by atoms with Crippen LogP contribution in [-0.4, -0.2) is 11.9 Å². The number of rotatable bonds is 7. The molecule has 0 saturated heterocycles. The van der Waals surface area contributed by atoms with Crippen molar-refractivity contribution in [1.82, 2.24) is 0 Å².